The van der Waals surface area contributed by atoms with Gasteiger partial charge in [0.15, 0.2) is 4.67 Å². The zero-order chi connectivity index (χ0) is 12.3. The molecular formula is C13H7BrFNO. The minimum absolute atomic E-state index is 0.327. The average Bonchev–Trinajstić information content (AvgIpc) is 2.73. The predicted molar refractivity (Wildman–Crippen MR) is 66.3 cm³/mol. The molecule has 4 heteroatoms. The van der Waals surface area contributed by atoms with Gasteiger partial charge in [-0.25, -0.2) is 4.39 Å². The molecule has 2 rings (SSSR count). The van der Waals surface area contributed by atoms with Crippen LogP contribution in [0.25, 0.3) is 11.6 Å². The highest BCUT2D eigenvalue weighted by atomic mass is 79.9. The summed E-state index contributed by atoms with van der Waals surface area (Å²) in [6.07, 6.45) is 1.61. The largest absolute Gasteiger partial charge is 0.450 e. The van der Waals surface area contributed by atoms with Crippen molar-refractivity contribution >= 4 is 27.6 Å². The topological polar surface area (TPSA) is 36.9 Å². The maximum atomic E-state index is 12.8. The van der Waals surface area contributed by atoms with Crippen LogP contribution < -0.4 is 0 Å². The van der Waals surface area contributed by atoms with E-state index in [9.17, 15) is 4.39 Å². The van der Waals surface area contributed by atoms with E-state index in [2.05, 4.69) is 22.0 Å². The summed E-state index contributed by atoms with van der Waals surface area (Å²) in [4.78, 5) is 0. The molecule has 2 nitrogen and oxygen atoms in total. The lowest BCUT2D eigenvalue weighted by Gasteiger charge is -1.97. The second-order valence-electron chi connectivity index (χ2n) is 3.32. The fourth-order valence-electron chi connectivity index (χ4n) is 1.36. The molecule has 0 aliphatic heterocycles. The van der Waals surface area contributed by atoms with E-state index in [4.69, 9.17) is 9.68 Å². The van der Waals surface area contributed by atoms with Crippen LogP contribution in [0, 0.1) is 17.1 Å². The van der Waals surface area contributed by atoms with Gasteiger partial charge in [0.25, 0.3) is 0 Å². The Balaban J connectivity index is 2.37. The third-order valence-electron chi connectivity index (χ3n) is 2.16. The Morgan fingerprint density at radius 2 is 1.94 bits per heavy atom. The average molecular weight is 292 g/mol. The fourth-order valence-corrected chi connectivity index (χ4v) is 1.68. The normalized spacial score (nSPS) is 11.2. The number of furan rings is 1. The molecule has 0 unspecified atom stereocenters. The SMILES string of the molecule is N#C/C(=C/c1ccc(Br)o1)c1ccc(F)cc1. The molecule has 0 N–H and O–H groups in total. The van der Waals surface area contributed by atoms with Gasteiger partial charge in [0.1, 0.15) is 11.6 Å². The Morgan fingerprint density at radius 3 is 2.47 bits per heavy atom. The number of nitrogens with zero attached hydrogens (tertiary/aromatic N) is 1. The van der Waals surface area contributed by atoms with Crippen LogP contribution in [0.1, 0.15) is 11.3 Å². The number of allylic oxidation sites excluding steroid dienone is 1. The highest BCUT2D eigenvalue weighted by molar-refractivity contribution is 9.10. The van der Waals surface area contributed by atoms with Crippen molar-refractivity contribution < 1.29 is 8.81 Å². The van der Waals surface area contributed by atoms with E-state index in [1.165, 1.54) is 12.1 Å². The molecule has 0 spiro atoms. The minimum atomic E-state index is -0.327. The zero-order valence-electron chi connectivity index (χ0n) is 8.65. The first-order valence-electron chi connectivity index (χ1n) is 4.82. The summed E-state index contributed by atoms with van der Waals surface area (Å²) in [5.74, 6) is 0.240. The van der Waals surface area contributed by atoms with E-state index >= 15 is 0 Å². The lowest BCUT2D eigenvalue weighted by Crippen LogP contribution is -1.82. The first-order valence-corrected chi connectivity index (χ1v) is 5.61. The summed E-state index contributed by atoms with van der Waals surface area (Å²) in [5.41, 5.74) is 1.08. The lowest BCUT2D eigenvalue weighted by atomic mass is 10.1. The Hall–Kier alpha value is -1.86. The van der Waals surface area contributed by atoms with Gasteiger partial charge in [-0.05, 0) is 51.8 Å². The fraction of sp³-hybridized carbons (Fsp3) is 0. The monoisotopic (exact) mass is 291 g/mol. The molecular weight excluding hydrogens is 285 g/mol. The second-order valence-corrected chi connectivity index (χ2v) is 4.10. The molecule has 1 aromatic heterocycles. The van der Waals surface area contributed by atoms with Gasteiger partial charge in [-0.15, -0.1) is 0 Å². The summed E-state index contributed by atoms with van der Waals surface area (Å²) >= 11 is 3.18. The summed E-state index contributed by atoms with van der Waals surface area (Å²) < 4.78 is 18.6. The maximum absolute atomic E-state index is 12.8. The van der Waals surface area contributed by atoms with E-state index in [1.807, 2.05) is 0 Å². The standard InChI is InChI=1S/C13H7BrFNO/c14-13-6-5-12(17-13)7-10(8-16)9-1-3-11(15)4-2-9/h1-7H/b10-7-. The van der Waals surface area contributed by atoms with Crippen LogP contribution >= 0.6 is 15.9 Å². The smallest absolute Gasteiger partial charge is 0.169 e. The number of hydrogen-bond acceptors (Lipinski definition) is 2. The Bertz CT molecular complexity index is 593. The summed E-state index contributed by atoms with van der Waals surface area (Å²) in [7, 11) is 0. The van der Waals surface area contributed by atoms with Crippen molar-refractivity contribution in [2.75, 3.05) is 0 Å². The Kier molecular flexibility index (Phi) is 3.40. The third kappa shape index (κ3) is 2.83. The summed E-state index contributed by atoms with van der Waals surface area (Å²) in [5, 5.41) is 9.05. The van der Waals surface area contributed by atoms with Gasteiger partial charge >= 0.3 is 0 Å². The number of halogens is 2. The van der Waals surface area contributed by atoms with Crippen LogP contribution in [-0.2, 0) is 0 Å². The Labute approximate surface area is 106 Å². The molecule has 2 aromatic rings. The van der Waals surface area contributed by atoms with Crippen molar-refractivity contribution in [3.05, 3.63) is 58.2 Å². The van der Waals surface area contributed by atoms with Gasteiger partial charge in [0, 0.05) is 0 Å². The van der Waals surface area contributed by atoms with Crippen molar-refractivity contribution in [2.45, 2.75) is 0 Å². The maximum Gasteiger partial charge on any atom is 0.169 e. The quantitative estimate of drug-likeness (QED) is 0.776. The van der Waals surface area contributed by atoms with Crippen molar-refractivity contribution in [1.29, 1.82) is 5.26 Å². The van der Waals surface area contributed by atoms with E-state index in [0.717, 1.165) is 0 Å². The predicted octanol–water partition coefficient (Wildman–Crippen LogP) is 4.25. The molecule has 0 amide bonds. The number of benzene rings is 1. The second kappa shape index (κ2) is 4.98. The molecule has 0 saturated carbocycles. The van der Waals surface area contributed by atoms with Gasteiger partial charge in [-0.3, -0.25) is 0 Å². The van der Waals surface area contributed by atoms with Crippen molar-refractivity contribution in [2.24, 2.45) is 0 Å². The molecule has 0 aliphatic carbocycles. The molecule has 0 radical (unpaired) electrons. The van der Waals surface area contributed by atoms with Gasteiger partial charge in [0.2, 0.25) is 0 Å². The van der Waals surface area contributed by atoms with Crippen LogP contribution in [0.5, 0.6) is 0 Å². The van der Waals surface area contributed by atoms with Crippen LogP contribution in [0.4, 0.5) is 4.39 Å². The third-order valence-corrected chi connectivity index (χ3v) is 2.58. The Morgan fingerprint density at radius 1 is 1.24 bits per heavy atom. The summed E-state index contributed by atoms with van der Waals surface area (Å²) in [6.45, 7) is 0. The van der Waals surface area contributed by atoms with Crippen LogP contribution in [-0.4, -0.2) is 0 Å². The highest BCUT2D eigenvalue weighted by Crippen LogP contribution is 2.21. The molecule has 0 saturated heterocycles. The molecule has 1 heterocycles. The molecule has 0 atom stereocenters. The van der Waals surface area contributed by atoms with Crippen LogP contribution in [0.2, 0.25) is 0 Å². The molecule has 0 aliphatic rings. The molecule has 0 bridgehead atoms. The van der Waals surface area contributed by atoms with Gasteiger partial charge in [0.05, 0.1) is 11.6 Å². The minimum Gasteiger partial charge on any atom is -0.450 e. The number of rotatable bonds is 2. The highest BCUT2D eigenvalue weighted by Gasteiger charge is 2.03. The summed E-state index contributed by atoms with van der Waals surface area (Å²) in [6, 6.07) is 11.3. The number of nitriles is 1. The zero-order valence-corrected chi connectivity index (χ0v) is 10.2. The molecule has 1 aromatic carbocycles. The van der Waals surface area contributed by atoms with Crippen molar-refractivity contribution in [1.82, 2.24) is 0 Å². The van der Waals surface area contributed by atoms with Crippen molar-refractivity contribution in [3.63, 3.8) is 0 Å². The van der Waals surface area contributed by atoms with Gasteiger partial charge in [-0.1, -0.05) is 12.1 Å². The van der Waals surface area contributed by atoms with Crippen LogP contribution in [0.3, 0.4) is 0 Å². The van der Waals surface area contributed by atoms with E-state index in [-0.39, 0.29) is 5.82 Å². The first-order chi connectivity index (χ1) is 8.19. The number of hydrogen-bond donors (Lipinski definition) is 0. The first kappa shape index (κ1) is 11.6. The lowest BCUT2D eigenvalue weighted by molar-refractivity contribution is 0.532. The molecule has 0 fully saturated rings. The molecule has 17 heavy (non-hydrogen) atoms. The van der Waals surface area contributed by atoms with Crippen LogP contribution in [0.15, 0.2) is 45.5 Å². The van der Waals surface area contributed by atoms with Gasteiger partial charge < -0.3 is 4.42 Å². The molecule has 84 valence electrons. The van der Waals surface area contributed by atoms with E-state index < -0.39 is 0 Å². The van der Waals surface area contributed by atoms with E-state index in [0.29, 0.717) is 21.6 Å². The van der Waals surface area contributed by atoms with E-state index in [1.54, 1.807) is 30.3 Å². The van der Waals surface area contributed by atoms with Crippen molar-refractivity contribution in [3.8, 4) is 6.07 Å². The van der Waals surface area contributed by atoms with Gasteiger partial charge in [-0.2, -0.15) is 5.26 Å².